The third-order valence-electron chi connectivity index (χ3n) is 4.53. The van der Waals surface area contributed by atoms with E-state index in [4.69, 9.17) is 4.74 Å². The molecule has 0 spiro atoms. The Morgan fingerprint density at radius 2 is 1.85 bits per heavy atom. The average molecular weight is 409 g/mol. The van der Waals surface area contributed by atoms with Gasteiger partial charge in [0.25, 0.3) is 5.91 Å². The SMILES string of the molecule is COC(=O)C1c2ccsc2CCN1C(=O)c1ccc(S(=O)(=O)N(C)C)cc1. The number of ether oxygens (including phenoxy) is 1. The van der Waals surface area contributed by atoms with E-state index in [0.717, 1.165) is 14.7 Å². The first kappa shape index (κ1) is 19.5. The minimum atomic E-state index is -3.57. The van der Waals surface area contributed by atoms with Gasteiger partial charge in [-0.15, -0.1) is 11.3 Å². The average Bonchev–Trinajstić information content (AvgIpc) is 3.14. The summed E-state index contributed by atoms with van der Waals surface area (Å²) < 4.78 is 30.4. The fraction of sp³-hybridized carbons (Fsp3) is 0.333. The molecule has 1 unspecified atom stereocenters. The number of esters is 1. The standard InChI is InChI=1S/C18H20N2O5S2/c1-19(2)27(23,24)13-6-4-12(5-7-13)17(21)20-10-8-15-14(9-11-26-15)16(20)18(22)25-3/h4-7,9,11,16H,8,10H2,1-3H3. The molecule has 0 fully saturated rings. The highest BCUT2D eigenvalue weighted by atomic mass is 32.2. The van der Waals surface area contributed by atoms with Crippen LogP contribution in [-0.2, 0) is 26.0 Å². The number of amides is 1. The summed E-state index contributed by atoms with van der Waals surface area (Å²) in [6, 6.07) is 6.79. The first-order chi connectivity index (χ1) is 12.8. The molecule has 0 N–H and O–H groups in total. The van der Waals surface area contributed by atoms with E-state index in [2.05, 4.69) is 0 Å². The zero-order valence-corrected chi connectivity index (χ0v) is 16.8. The maximum absolute atomic E-state index is 13.0. The number of fused-ring (bicyclic) bond motifs is 1. The second-order valence-corrected chi connectivity index (χ2v) is 9.44. The highest BCUT2D eigenvalue weighted by Gasteiger charge is 2.37. The van der Waals surface area contributed by atoms with Gasteiger partial charge in [0, 0.05) is 31.1 Å². The van der Waals surface area contributed by atoms with Gasteiger partial charge in [-0.05, 0) is 47.7 Å². The van der Waals surface area contributed by atoms with Gasteiger partial charge in [0.2, 0.25) is 10.0 Å². The van der Waals surface area contributed by atoms with Crippen molar-refractivity contribution in [2.24, 2.45) is 0 Å². The van der Waals surface area contributed by atoms with Crippen LogP contribution in [0.15, 0.2) is 40.6 Å². The topological polar surface area (TPSA) is 84.0 Å². The smallest absolute Gasteiger partial charge is 0.333 e. The molecule has 1 aliphatic heterocycles. The molecule has 0 saturated heterocycles. The van der Waals surface area contributed by atoms with Crippen molar-refractivity contribution in [3.8, 4) is 0 Å². The van der Waals surface area contributed by atoms with Crippen LogP contribution in [0.2, 0.25) is 0 Å². The molecule has 0 radical (unpaired) electrons. The second-order valence-electron chi connectivity index (χ2n) is 6.29. The van der Waals surface area contributed by atoms with Crippen LogP contribution in [0.5, 0.6) is 0 Å². The van der Waals surface area contributed by atoms with Gasteiger partial charge in [0.1, 0.15) is 0 Å². The summed E-state index contributed by atoms with van der Waals surface area (Å²) in [4.78, 5) is 28.0. The van der Waals surface area contributed by atoms with Crippen LogP contribution in [0.1, 0.15) is 26.8 Å². The maximum Gasteiger partial charge on any atom is 0.333 e. The Hall–Kier alpha value is -2.23. The fourth-order valence-electron chi connectivity index (χ4n) is 3.05. The Balaban J connectivity index is 1.92. The Labute approximate surface area is 162 Å². The summed E-state index contributed by atoms with van der Waals surface area (Å²) in [7, 11) is 0.621. The molecule has 1 aliphatic rings. The van der Waals surface area contributed by atoms with Gasteiger partial charge >= 0.3 is 5.97 Å². The van der Waals surface area contributed by atoms with Gasteiger partial charge < -0.3 is 9.64 Å². The number of methoxy groups -OCH3 is 1. The number of sulfonamides is 1. The van der Waals surface area contributed by atoms with Crippen LogP contribution in [0.3, 0.4) is 0 Å². The number of carbonyl (C=O) groups excluding carboxylic acids is 2. The molecule has 9 heteroatoms. The van der Waals surface area contributed by atoms with Gasteiger partial charge in [-0.1, -0.05) is 0 Å². The van der Waals surface area contributed by atoms with E-state index in [-0.39, 0.29) is 10.8 Å². The second kappa shape index (κ2) is 7.41. The van der Waals surface area contributed by atoms with Crippen LogP contribution in [0, 0.1) is 0 Å². The molecule has 0 aliphatic carbocycles. The zero-order chi connectivity index (χ0) is 19.8. The lowest BCUT2D eigenvalue weighted by molar-refractivity contribution is -0.146. The molecule has 3 rings (SSSR count). The normalized spacial score (nSPS) is 16.9. The van der Waals surface area contributed by atoms with E-state index in [1.165, 1.54) is 50.4 Å². The molecule has 0 bridgehead atoms. The van der Waals surface area contributed by atoms with Crippen LogP contribution in [0.25, 0.3) is 0 Å². The molecule has 2 heterocycles. The minimum Gasteiger partial charge on any atom is -0.467 e. The number of hydrogen-bond acceptors (Lipinski definition) is 6. The molecule has 7 nitrogen and oxygen atoms in total. The molecule has 1 amide bonds. The number of thiophene rings is 1. The Bertz CT molecular complexity index is 964. The molecule has 1 aromatic heterocycles. The van der Waals surface area contributed by atoms with Gasteiger partial charge in [-0.25, -0.2) is 17.5 Å². The number of hydrogen-bond donors (Lipinski definition) is 0. The van der Waals surface area contributed by atoms with Crippen LogP contribution in [0.4, 0.5) is 0 Å². The van der Waals surface area contributed by atoms with E-state index in [9.17, 15) is 18.0 Å². The molecule has 2 aromatic rings. The third-order valence-corrected chi connectivity index (χ3v) is 7.36. The molecule has 1 aromatic carbocycles. The van der Waals surface area contributed by atoms with Crippen molar-refractivity contribution in [1.82, 2.24) is 9.21 Å². The minimum absolute atomic E-state index is 0.104. The van der Waals surface area contributed by atoms with Crippen LogP contribution >= 0.6 is 11.3 Å². The van der Waals surface area contributed by atoms with E-state index in [1.807, 2.05) is 11.4 Å². The number of carbonyl (C=O) groups is 2. The van der Waals surface area contributed by atoms with Crippen molar-refractivity contribution < 1.29 is 22.7 Å². The lowest BCUT2D eigenvalue weighted by atomic mass is 9.99. The summed E-state index contributed by atoms with van der Waals surface area (Å²) in [5.74, 6) is -0.828. The molecular formula is C18H20N2O5S2. The van der Waals surface area contributed by atoms with E-state index < -0.39 is 22.0 Å². The highest BCUT2D eigenvalue weighted by molar-refractivity contribution is 7.89. The lowest BCUT2D eigenvalue weighted by Gasteiger charge is -2.34. The fourth-order valence-corrected chi connectivity index (χ4v) is 4.85. The van der Waals surface area contributed by atoms with Crippen LogP contribution < -0.4 is 0 Å². The first-order valence-corrected chi connectivity index (χ1v) is 10.6. The lowest BCUT2D eigenvalue weighted by Crippen LogP contribution is -2.43. The molecule has 1 atom stereocenters. The highest BCUT2D eigenvalue weighted by Crippen LogP contribution is 2.35. The third kappa shape index (κ3) is 3.50. The van der Waals surface area contributed by atoms with Gasteiger partial charge in [-0.2, -0.15) is 0 Å². The van der Waals surface area contributed by atoms with Crippen molar-refractivity contribution >= 4 is 33.2 Å². The summed E-state index contributed by atoms with van der Waals surface area (Å²) >= 11 is 1.56. The van der Waals surface area contributed by atoms with Crippen molar-refractivity contribution in [3.05, 3.63) is 51.7 Å². The molecule has 27 heavy (non-hydrogen) atoms. The van der Waals surface area contributed by atoms with Gasteiger partial charge in [0.05, 0.1) is 12.0 Å². The number of nitrogens with zero attached hydrogens (tertiary/aromatic N) is 2. The van der Waals surface area contributed by atoms with Crippen molar-refractivity contribution in [2.45, 2.75) is 17.4 Å². The monoisotopic (exact) mass is 408 g/mol. The first-order valence-electron chi connectivity index (χ1n) is 8.25. The van der Waals surface area contributed by atoms with E-state index >= 15 is 0 Å². The summed E-state index contributed by atoms with van der Waals surface area (Å²) in [6.07, 6.45) is 0.666. The zero-order valence-electron chi connectivity index (χ0n) is 15.2. The number of rotatable bonds is 4. The van der Waals surface area contributed by atoms with Crippen molar-refractivity contribution in [2.75, 3.05) is 27.7 Å². The summed E-state index contributed by atoms with van der Waals surface area (Å²) in [6.45, 7) is 0.393. The number of benzene rings is 1. The van der Waals surface area contributed by atoms with Crippen LogP contribution in [-0.4, -0.2) is 57.2 Å². The van der Waals surface area contributed by atoms with Gasteiger partial charge in [0.15, 0.2) is 6.04 Å². The Kier molecular flexibility index (Phi) is 5.36. The predicted molar refractivity (Wildman–Crippen MR) is 101 cm³/mol. The van der Waals surface area contributed by atoms with E-state index in [1.54, 1.807) is 11.3 Å². The Morgan fingerprint density at radius 3 is 2.44 bits per heavy atom. The Morgan fingerprint density at radius 1 is 1.19 bits per heavy atom. The van der Waals surface area contributed by atoms with Gasteiger partial charge in [-0.3, -0.25) is 4.79 Å². The molecular weight excluding hydrogens is 388 g/mol. The molecule has 0 saturated carbocycles. The summed E-state index contributed by atoms with van der Waals surface area (Å²) in [5, 5.41) is 1.90. The molecule has 144 valence electrons. The maximum atomic E-state index is 13.0. The van der Waals surface area contributed by atoms with Crippen molar-refractivity contribution in [3.63, 3.8) is 0 Å². The quantitative estimate of drug-likeness (QED) is 0.722. The van der Waals surface area contributed by atoms with E-state index in [0.29, 0.717) is 18.5 Å². The largest absolute Gasteiger partial charge is 0.467 e. The van der Waals surface area contributed by atoms with Crippen molar-refractivity contribution in [1.29, 1.82) is 0 Å². The summed E-state index contributed by atoms with van der Waals surface area (Å²) in [5.41, 5.74) is 1.11. The predicted octanol–water partition coefficient (Wildman–Crippen LogP) is 1.91.